The van der Waals surface area contributed by atoms with Crippen molar-refractivity contribution in [1.29, 1.82) is 0 Å². The summed E-state index contributed by atoms with van der Waals surface area (Å²) in [5.41, 5.74) is 2.56. The Balaban J connectivity index is 1.75. The molecule has 0 radical (unpaired) electrons. The van der Waals surface area contributed by atoms with Crippen molar-refractivity contribution in [2.24, 2.45) is 0 Å². The third-order valence-electron chi connectivity index (χ3n) is 4.37. The number of nitrogens with zero attached hydrogens (tertiary/aromatic N) is 1. The topological polar surface area (TPSA) is 60.5 Å². The molecule has 5 heteroatoms. The molecule has 1 amide bonds. The fourth-order valence-electron chi connectivity index (χ4n) is 2.94. The lowest BCUT2D eigenvalue weighted by molar-refractivity contribution is -0.116. The van der Waals surface area contributed by atoms with Crippen molar-refractivity contribution < 1.29 is 14.3 Å². The quantitative estimate of drug-likeness (QED) is 0.422. The number of methoxy groups -OCH3 is 1. The summed E-state index contributed by atoms with van der Waals surface area (Å²) in [6.45, 7) is 4.03. The maximum atomic E-state index is 12.6. The molecule has 0 fully saturated rings. The third kappa shape index (κ3) is 5.58. The normalized spacial score (nSPS) is 11.6. The zero-order valence-electron chi connectivity index (χ0n) is 16.8. The Morgan fingerprint density at radius 1 is 1.10 bits per heavy atom. The maximum Gasteiger partial charge on any atom is 0.244 e. The van der Waals surface area contributed by atoms with Crippen molar-refractivity contribution in [1.82, 2.24) is 10.3 Å². The van der Waals surface area contributed by atoms with Gasteiger partial charge in [-0.15, -0.1) is 0 Å². The molecule has 152 valence electrons. The summed E-state index contributed by atoms with van der Waals surface area (Å²) < 4.78 is 10.9. The molecule has 0 saturated heterocycles. The lowest BCUT2D eigenvalue weighted by Gasteiger charge is -2.18. The third-order valence-corrected chi connectivity index (χ3v) is 4.37. The fourth-order valence-corrected chi connectivity index (χ4v) is 2.94. The van der Waals surface area contributed by atoms with Crippen LogP contribution in [0.4, 0.5) is 0 Å². The van der Waals surface area contributed by atoms with Gasteiger partial charge in [0.1, 0.15) is 6.61 Å². The predicted molar refractivity (Wildman–Crippen MR) is 118 cm³/mol. The number of ether oxygens (including phenoxy) is 2. The van der Waals surface area contributed by atoms with Crippen LogP contribution in [0, 0.1) is 0 Å². The molecule has 1 unspecified atom stereocenters. The maximum absolute atomic E-state index is 12.6. The van der Waals surface area contributed by atoms with Crippen molar-refractivity contribution in [3.63, 3.8) is 0 Å². The summed E-state index contributed by atoms with van der Waals surface area (Å²) >= 11 is 0. The number of carbonyl (C=O) groups is 1. The van der Waals surface area contributed by atoms with E-state index in [9.17, 15) is 4.79 Å². The number of pyridine rings is 1. The Hall–Kier alpha value is -3.86. The summed E-state index contributed by atoms with van der Waals surface area (Å²) in [6.07, 6.45) is 6.62. The lowest BCUT2D eigenvalue weighted by Crippen LogP contribution is -2.28. The Kier molecular flexibility index (Phi) is 7.39. The van der Waals surface area contributed by atoms with E-state index in [-0.39, 0.29) is 11.9 Å². The van der Waals surface area contributed by atoms with Gasteiger partial charge in [0.2, 0.25) is 5.91 Å². The average molecular weight is 400 g/mol. The van der Waals surface area contributed by atoms with Gasteiger partial charge in [-0.3, -0.25) is 9.78 Å². The number of hydrogen-bond donors (Lipinski definition) is 1. The van der Waals surface area contributed by atoms with Crippen LogP contribution >= 0.6 is 0 Å². The van der Waals surface area contributed by atoms with Gasteiger partial charge in [0.05, 0.1) is 18.8 Å². The highest BCUT2D eigenvalue weighted by molar-refractivity contribution is 5.92. The molecular weight excluding hydrogens is 376 g/mol. The summed E-state index contributed by atoms with van der Waals surface area (Å²) in [6, 6.07) is 20.6. The second kappa shape index (κ2) is 10.6. The first-order chi connectivity index (χ1) is 14.7. The number of amides is 1. The number of hydrogen-bond acceptors (Lipinski definition) is 4. The molecule has 0 aliphatic rings. The van der Waals surface area contributed by atoms with Gasteiger partial charge in [-0.25, -0.2) is 0 Å². The molecule has 3 rings (SSSR count). The molecule has 1 aromatic heterocycles. The molecule has 5 nitrogen and oxygen atoms in total. The van der Waals surface area contributed by atoms with Gasteiger partial charge in [-0.05, 0) is 41.5 Å². The van der Waals surface area contributed by atoms with E-state index < -0.39 is 0 Å². The van der Waals surface area contributed by atoms with E-state index in [1.54, 1.807) is 31.5 Å². The van der Waals surface area contributed by atoms with E-state index in [1.807, 2.05) is 60.7 Å². The number of nitrogens with one attached hydrogen (secondary N) is 1. The minimum absolute atomic E-state index is 0.222. The first-order valence-electron chi connectivity index (χ1n) is 9.57. The van der Waals surface area contributed by atoms with E-state index >= 15 is 0 Å². The predicted octanol–water partition coefficient (Wildman–Crippen LogP) is 4.57. The highest BCUT2D eigenvalue weighted by Gasteiger charge is 2.16. The van der Waals surface area contributed by atoms with E-state index in [0.717, 1.165) is 16.8 Å². The van der Waals surface area contributed by atoms with E-state index in [2.05, 4.69) is 16.9 Å². The highest BCUT2D eigenvalue weighted by atomic mass is 16.5. The molecule has 1 N–H and O–H groups in total. The van der Waals surface area contributed by atoms with Gasteiger partial charge in [0.15, 0.2) is 11.5 Å². The monoisotopic (exact) mass is 400 g/mol. The Labute approximate surface area is 176 Å². The van der Waals surface area contributed by atoms with Gasteiger partial charge < -0.3 is 14.8 Å². The molecule has 1 atom stereocenters. The van der Waals surface area contributed by atoms with Crippen LogP contribution in [0.2, 0.25) is 0 Å². The van der Waals surface area contributed by atoms with Crippen molar-refractivity contribution >= 4 is 12.0 Å². The SMILES string of the molecule is C=CCOc1ccc(/C=C/C(=O)NC(c2ccccc2)c2ccccn2)cc1OC. The van der Waals surface area contributed by atoms with Crippen LogP contribution in [0.15, 0.2) is 91.7 Å². The number of aromatic nitrogens is 1. The van der Waals surface area contributed by atoms with E-state index in [4.69, 9.17) is 9.47 Å². The van der Waals surface area contributed by atoms with Crippen LogP contribution in [-0.2, 0) is 4.79 Å². The Morgan fingerprint density at radius 3 is 2.60 bits per heavy atom. The minimum atomic E-state index is -0.339. The van der Waals surface area contributed by atoms with Crippen LogP contribution in [0.3, 0.4) is 0 Å². The van der Waals surface area contributed by atoms with Crippen LogP contribution < -0.4 is 14.8 Å². The van der Waals surface area contributed by atoms with Crippen LogP contribution in [-0.4, -0.2) is 24.6 Å². The molecular formula is C25H24N2O3. The highest BCUT2D eigenvalue weighted by Crippen LogP contribution is 2.28. The van der Waals surface area contributed by atoms with Gasteiger partial charge >= 0.3 is 0 Å². The summed E-state index contributed by atoms with van der Waals surface area (Å²) in [5.74, 6) is 0.994. The molecule has 0 aliphatic carbocycles. The molecule has 0 saturated carbocycles. The Bertz CT molecular complexity index is 962. The van der Waals surface area contributed by atoms with Gasteiger partial charge in [0, 0.05) is 12.3 Å². The van der Waals surface area contributed by atoms with Crippen molar-refractivity contribution in [3.8, 4) is 11.5 Å². The number of rotatable bonds is 9. The van der Waals surface area contributed by atoms with Crippen molar-refractivity contribution in [3.05, 3.63) is 108 Å². The smallest absolute Gasteiger partial charge is 0.244 e. The summed E-state index contributed by atoms with van der Waals surface area (Å²) in [5, 5.41) is 3.03. The second-order valence-corrected chi connectivity index (χ2v) is 6.45. The van der Waals surface area contributed by atoms with Gasteiger partial charge in [-0.1, -0.05) is 55.1 Å². The molecule has 3 aromatic rings. The molecule has 2 aromatic carbocycles. The number of carbonyl (C=O) groups excluding carboxylic acids is 1. The molecule has 1 heterocycles. The van der Waals surface area contributed by atoms with E-state index in [1.165, 1.54) is 6.08 Å². The molecule has 0 spiro atoms. The standard InChI is InChI=1S/C25H24N2O3/c1-3-17-30-22-14-12-19(18-23(22)29-2)13-15-24(28)27-25(20-9-5-4-6-10-20)21-11-7-8-16-26-21/h3-16,18,25H,1,17H2,2H3,(H,27,28)/b15-13+. The first kappa shape index (κ1) is 20.9. The molecule has 0 bridgehead atoms. The molecule has 30 heavy (non-hydrogen) atoms. The van der Waals surface area contributed by atoms with E-state index in [0.29, 0.717) is 18.1 Å². The average Bonchev–Trinajstić information content (AvgIpc) is 2.81. The largest absolute Gasteiger partial charge is 0.493 e. The zero-order chi connectivity index (χ0) is 21.2. The zero-order valence-corrected chi connectivity index (χ0v) is 16.8. The lowest BCUT2D eigenvalue weighted by atomic mass is 10.0. The molecule has 0 aliphatic heterocycles. The van der Waals surface area contributed by atoms with Crippen LogP contribution in [0.5, 0.6) is 11.5 Å². The number of benzene rings is 2. The van der Waals surface area contributed by atoms with Gasteiger partial charge in [-0.2, -0.15) is 0 Å². The van der Waals surface area contributed by atoms with Crippen molar-refractivity contribution in [2.75, 3.05) is 13.7 Å². The van der Waals surface area contributed by atoms with Crippen LogP contribution in [0.25, 0.3) is 6.08 Å². The van der Waals surface area contributed by atoms with Crippen LogP contribution in [0.1, 0.15) is 22.9 Å². The van der Waals surface area contributed by atoms with Crippen molar-refractivity contribution in [2.45, 2.75) is 6.04 Å². The second-order valence-electron chi connectivity index (χ2n) is 6.45. The summed E-state index contributed by atoms with van der Waals surface area (Å²) in [4.78, 5) is 17.1. The first-order valence-corrected chi connectivity index (χ1v) is 9.57. The van der Waals surface area contributed by atoms with Gasteiger partial charge in [0.25, 0.3) is 0 Å². The summed E-state index contributed by atoms with van der Waals surface area (Å²) in [7, 11) is 1.58. The minimum Gasteiger partial charge on any atom is -0.493 e. The fraction of sp³-hybridized carbons (Fsp3) is 0.120. The Morgan fingerprint density at radius 2 is 1.90 bits per heavy atom.